The van der Waals surface area contributed by atoms with E-state index in [0.717, 1.165) is 12.8 Å². The van der Waals surface area contributed by atoms with Crippen molar-refractivity contribution in [1.29, 1.82) is 0 Å². The van der Waals surface area contributed by atoms with E-state index in [0.29, 0.717) is 6.61 Å². The molecule has 112 valence electrons. The zero-order valence-electron chi connectivity index (χ0n) is 12.7. The third kappa shape index (κ3) is 6.60. The zero-order valence-corrected chi connectivity index (χ0v) is 12.7. The van der Waals surface area contributed by atoms with Gasteiger partial charge in [0, 0.05) is 0 Å². The highest BCUT2D eigenvalue weighted by molar-refractivity contribution is 5.83. The fourth-order valence-corrected chi connectivity index (χ4v) is 1.66. The lowest BCUT2D eigenvalue weighted by Crippen LogP contribution is -2.37. The molecule has 0 aromatic rings. The molecule has 0 spiro atoms. The highest BCUT2D eigenvalue weighted by atomic mass is 16.5. The fourth-order valence-electron chi connectivity index (χ4n) is 1.66. The van der Waals surface area contributed by atoms with Gasteiger partial charge in [-0.05, 0) is 20.3 Å². The van der Waals surface area contributed by atoms with Crippen molar-refractivity contribution in [2.75, 3.05) is 6.61 Å². The van der Waals surface area contributed by atoms with Crippen molar-refractivity contribution in [2.45, 2.75) is 66.2 Å². The van der Waals surface area contributed by atoms with Gasteiger partial charge in [0.05, 0.1) is 17.9 Å². The first kappa shape index (κ1) is 17.9. The van der Waals surface area contributed by atoms with Gasteiger partial charge in [-0.2, -0.15) is 0 Å². The molecule has 0 amide bonds. The quantitative estimate of drug-likeness (QED) is 0.487. The smallest absolute Gasteiger partial charge is 0.309 e. The van der Waals surface area contributed by atoms with Crippen molar-refractivity contribution in [3.8, 4) is 0 Å². The van der Waals surface area contributed by atoms with Crippen molar-refractivity contribution < 1.29 is 19.4 Å². The van der Waals surface area contributed by atoms with E-state index in [4.69, 9.17) is 9.84 Å². The Balaban J connectivity index is 3.83. The summed E-state index contributed by atoms with van der Waals surface area (Å²) in [5.41, 5.74) is -1.09. The number of carboxylic acids is 1. The molecule has 0 radical (unpaired) electrons. The Kier molecular flexibility index (Phi) is 8.44. The number of esters is 1. The maximum Gasteiger partial charge on any atom is 0.309 e. The van der Waals surface area contributed by atoms with Crippen LogP contribution in [0.25, 0.3) is 0 Å². The van der Waals surface area contributed by atoms with Gasteiger partial charge in [-0.1, -0.05) is 46.0 Å². The molecule has 4 nitrogen and oxygen atoms in total. The molecule has 0 heterocycles. The van der Waals surface area contributed by atoms with Gasteiger partial charge >= 0.3 is 11.9 Å². The summed E-state index contributed by atoms with van der Waals surface area (Å²) in [5.74, 6) is -2.03. The number of unbranched alkanes of at least 4 members (excludes halogenated alkanes) is 5. The van der Waals surface area contributed by atoms with E-state index in [1.807, 2.05) is 0 Å². The van der Waals surface area contributed by atoms with Gasteiger partial charge < -0.3 is 9.84 Å². The van der Waals surface area contributed by atoms with Crippen molar-refractivity contribution in [3.63, 3.8) is 0 Å². The van der Waals surface area contributed by atoms with Crippen molar-refractivity contribution in [2.24, 2.45) is 11.3 Å². The number of carbonyl (C=O) groups excluding carboxylic acids is 1. The van der Waals surface area contributed by atoms with Crippen molar-refractivity contribution >= 4 is 11.9 Å². The van der Waals surface area contributed by atoms with Gasteiger partial charge in [0.15, 0.2) is 0 Å². The molecule has 1 N–H and O–H groups in total. The Hall–Kier alpha value is -1.06. The molecule has 0 saturated carbocycles. The Morgan fingerprint density at radius 1 is 1.11 bits per heavy atom. The molecule has 0 aliphatic carbocycles. The molecule has 1 unspecified atom stereocenters. The summed E-state index contributed by atoms with van der Waals surface area (Å²) < 4.78 is 5.14. The maximum atomic E-state index is 11.7. The second-order valence-corrected chi connectivity index (χ2v) is 5.68. The molecule has 0 aliphatic rings. The lowest BCUT2D eigenvalue weighted by molar-refractivity contribution is -0.162. The van der Waals surface area contributed by atoms with E-state index in [1.165, 1.54) is 25.7 Å². The lowest BCUT2D eigenvalue weighted by Gasteiger charge is -2.25. The molecular weight excluding hydrogens is 244 g/mol. The first-order valence-electron chi connectivity index (χ1n) is 7.24. The highest BCUT2D eigenvalue weighted by Crippen LogP contribution is 2.27. The fraction of sp³-hybridized carbons (Fsp3) is 0.867. The van der Waals surface area contributed by atoms with Crippen LogP contribution in [-0.4, -0.2) is 23.7 Å². The second-order valence-electron chi connectivity index (χ2n) is 5.68. The summed E-state index contributed by atoms with van der Waals surface area (Å²) in [6.07, 6.45) is 6.79. The molecule has 0 aromatic carbocycles. The molecule has 0 rings (SSSR count). The summed E-state index contributed by atoms with van der Waals surface area (Å²) in [6.45, 7) is 7.27. The van der Waals surface area contributed by atoms with Gasteiger partial charge in [0.2, 0.25) is 0 Å². The summed E-state index contributed by atoms with van der Waals surface area (Å²) in [4.78, 5) is 22.8. The molecule has 0 aliphatic heterocycles. The van der Waals surface area contributed by atoms with Crippen LogP contribution in [0.15, 0.2) is 0 Å². The topological polar surface area (TPSA) is 63.6 Å². The maximum absolute atomic E-state index is 11.7. The molecule has 4 heteroatoms. The highest BCUT2D eigenvalue weighted by Gasteiger charge is 2.39. The van der Waals surface area contributed by atoms with E-state index < -0.39 is 23.3 Å². The number of carboxylic acid groups (broad SMARTS) is 1. The molecule has 0 saturated heterocycles. The third-order valence-electron chi connectivity index (χ3n) is 3.73. The van der Waals surface area contributed by atoms with Crippen molar-refractivity contribution in [1.82, 2.24) is 0 Å². The SMILES string of the molecule is CCCCCCCCOC(=O)C(C)C(C)(C)C(=O)O. The lowest BCUT2D eigenvalue weighted by atomic mass is 9.80. The Morgan fingerprint density at radius 3 is 2.16 bits per heavy atom. The predicted molar refractivity (Wildman–Crippen MR) is 74.9 cm³/mol. The average Bonchev–Trinajstić information content (AvgIpc) is 2.36. The molecule has 0 bridgehead atoms. The first-order chi connectivity index (χ1) is 8.84. The summed E-state index contributed by atoms with van der Waals surface area (Å²) in [6, 6.07) is 0. The van der Waals surface area contributed by atoms with E-state index in [2.05, 4.69) is 6.92 Å². The Labute approximate surface area is 116 Å². The van der Waals surface area contributed by atoms with Gasteiger partial charge in [-0.15, -0.1) is 0 Å². The number of hydrogen-bond acceptors (Lipinski definition) is 3. The number of ether oxygens (including phenoxy) is 1. The van der Waals surface area contributed by atoms with Gasteiger partial charge in [0.1, 0.15) is 0 Å². The van der Waals surface area contributed by atoms with E-state index in [9.17, 15) is 9.59 Å². The van der Waals surface area contributed by atoms with Crippen LogP contribution in [0.5, 0.6) is 0 Å². The normalized spacial score (nSPS) is 13.1. The molecule has 19 heavy (non-hydrogen) atoms. The molecular formula is C15H28O4. The predicted octanol–water partition coefficient (Wildman–Crippen LogP) is 3.64. The van der Waals surface area contributed by atoms with Crippen LogP contribution in [0.2, 0.25) is 0 Å². The monoisotopic (exact) mass is 272 g/mol. The van der Waals surface area contributed by atoms with Crippen LogP contribution in [0.4, 0.5) is 0 Å². The second kappa shape index (κ2) is 8.94. The minimum atomic E-state index is -1.09. The molecule has 1 atom stereocenters. The van der Waals surface area contributed by atoms with Gasteiger partial charge in [0.25, 0.3) is 0 Å². The zero-order chi connectivity index (χ0) is 14.9. The summed E-state index contributed by atoms with van der Waals surface area (Å²) in [5, 5.41) is 9.04. The van der Waals surface area contributed by atoms with Gasteiger partial charge in [-0.3, -0.25) is 9.59 Å². The Bertz CT molecular complexity index is 284. The van der Waals surface area contributed by atoms with Crippen molar-refractivity contribution in [3.05, 3.63) is 0 Å². The Morgan fingerprint density at radius 2 is 1.63 bits per heavy atom. The van der Waals surface area contributed by atoms with E-state index in [1.54, 1.807) is 20.8 Å². The third-order valence-corrected chi connectivity index (χ3v) is 3.73. The van der Waals surface area contributed by atoms with E-state index >= 15 is 0 Å². The van der Waals surface area contributed by atoms with Crippen LogP contribution in [0, 0.1) is 11.3 Å². The summed E-state index contributed by atoms with van der Waals surface area (Å²) in [7, 11) is 0. The number of rotatable bonds is 10. The van der Waals surface area contributed by atoms with Crippen LogP contribution < -0.4 is 0 Å². The number of aliphatic carboxylic acids is 1. The first-order valence-corrected chi connectivity index (χ1v) is 7.24. The number of hydrogen-bond donors (Lipinski definition) is 1. The average molecular weight is 272 g/mol. The summed E-state index contributed by atoms with van der Waals surface area (Å²) >= 11 is 0. The standard InChI is InChI=1S/C15H28O4/c1-5-6-7-8-9-10-11-19-13(16)12(2)15(3,4)14(17)18/h12H,5-11H2,1-4H3,(H,17,18). The number of carbonyl (C=O) groups is 2. The van der Waals surface area contributed by atoms with E-state index in [-0.39, 0.29) is 0 Å². The molecule has 0 fully saturated rings. The van der Waals surface area contributed by atoms with Crippen LogP contribution in [0.3, 0.4) is 0 Å². The van der Waals surface area contributed by atoms with Gasteiger partial charge in [-0.25, -0.2) is 0 Å². The largest absolute Gasteiger partial charge is 0.481 e. The minimum Gasteiger partial charge on any atom is -0.481 e. The minimum absolute atomic E-state index is 0.394. The van der Waals surface area contributed by atoms with Crippen LogP contribution >= 0.6 is 0 Å². The van der Waals surface area contributed by atoms with Crippen LogP contribution in [0.1, 0.15) is 66.2 Å². The van der Waals surface area contributed by atoms with Crippen LogP contribution in [-0.2, 0) is 14.3 Å². The molecule has 0 aromatic heterocycles.